The normalized spacial score (nSPS) is 21.8. The van der Waals surface area contributed by atoms with Gasteiger partial charge >= 0.3 is 6.18 Å². The molecule has 5 heteroatoms. The van der Waals surface area contributed by atoms with Crippen molar-refractivity contribution in [2.24, 2.45) is 5.41 Å². The Morgan fingerprint density at radius 1 is 1.16 bits per heavy atom. The van der Waals surface area contributed by atoms with Crippen LogP contribution in [0.3, 0.4) is 0 Å². The molecule has 1 saturated carbocycles. The minimum atomic E-state index is -4.27. The number of fused-ring (bicyclic) bond motifs is 1. The first-order chi connectivity index (χ1) is 8.99. The highest BCUT2D eigenvalue weighted by Gasteiger charge is 2.37. The lowest BCUT2D eigenvalue weighted by Gasteiger charge is -2.26. The van der Waals surface area contributed by atoms with Gasteiger partial charge < -0.3 is 5.32 Å². The first-order valence-corrected chi connectivity index (χ1v) is 7.55. The van der Waals surface area contributed by atoms with E-state index in [1.54, 1.807) is 17.8 Å². The van der Waals surface area contributed by atoms with Crippen LogP contribution in [-0.4, -0.2) is 12.3 Å². The van der Waals surface area contributed by atoms with E-state index in [2.05, 4.69) is 5.32 Å². The molecule has 0 atom stereocenters. The molecule has 1 aliphatic carbocycles. The molecule has 1 aliphatic heterocycles. The molecule has 0 saturated heterocycles. The SMILES string of the molecule is FC(F)(F)c1ccc2c(c1)NCC1(CCCC1)CS2. The molecular weight excluding hydrogens is 271 g/mol. The van der Waals surface area contributed by atoms with E-state index in [9.17, 15) is 13.2 Å². The van der Waals surface area contributed by atoms with Crippen molar-refractivity contribution >= 4 is 17.4 Å². The Morgan fingerprint density at radius 3 is 2.58 bits per heavy atom. The molecule has 104 valence electrons. The van der Waals surface area contributed by atoms with Gasteiger partial charge in [-0.15, -0.1) is 11.8 Å². The van der Waals surface area contributed by atoms with Crippen LogP contribution in [0.2, 0.25) is 0 Å². The lowest BCUT2D eigenvalue weighted by Crippen LogP contribution is -2.27. The number of benzene rings is 1. The second-order valence-electron chi connectivity index (χ2n) is 5.56. The molecular formula is C14H16F3NS. The summed E-state index contributed by atoms with van der Waals surface area (Å²) in [5.41, 5.74) is 0.354. The van der Waals surface area contributed by atoms with E-state index in [1.165, 1.54) is 37.8 Å². The molecule has 19 heavy (non-hydrogen) atoms. The average Bonchev–Trinajstić information content (AvgIpc) is 2.74. The Labute approximate surface area is 115 Å². The third-order valence-electron chi connectivity index (χ3n) is 4.16. The second-order valence-corrected chi connectivity index (χ2v) is 6.58. The van der Waals surface area contributed by atoms with Crippen molar-refractivity contribution in [1.29, 1.82) is 0 Å². The Morgan fingerprint density at radius 2 is 1.89 bits per heavy atom. The van der Waals surface area contributed by atoms with Crippen molar-refractivity contribution in [2.75, 3.05) is 17.6 Å². The second kappa shape index (κ2) is 4.62. The van der Waals surface area contributed by atoms with Gasteiger partial charge in [0.1, 0.15) is 0 Å². The molecule has 1 fully saturated rings. The van der Waals surface area contributed by atoms with Crippen molar-refractivity contribution in [3.63, 3.8) is 0 Å². The average molecular weight is 287 g/mol. The van der Waals surface area contributed by atoms with Gasteiger partial charge in [-0.1, -0.05) is 12.8 Å². The molecule has 0 unspecified atom stereocenters. The minimum absolute atomic E-state index is 0.280. The predicted octanol–water partition coefficient (Wildman–Crippen LogP) is 4.78. The van der Waals surface area contributed by atoms with Crippen molar-refractivity contribution in [3.8, 4) is 0 Å². The van der Waals surface area contributed by atoms with Crippen LogP contribution in [0.5, 0.6) is 0 Å². The van der Waals surface area contributed by atoms with Crippen LogP contribution >= 0.6 is 11.8 Å². The highest BCUT2D eigenvalue weighted by molar-refractivity contribution is 7.99. The summed E-state index contributed by atoms with van der Waals surface area (Å²) in [4.78, 5) is 0.941. The molecule has 0 aromatic heterocycles. The van der Waals surface area contributed by atoms with Crippen LogP contribution in [0, 0.1) is 5.41 Å². The van der Waals surface area contributed by atoms with Gasteiger partial charge in [0.25, 0.3) is 0 Å². The summed E-state index contributed by atoms with van der Waals surface area (Å²) in [7, 11) is 0. The quantitative estimate of drug-likeness (QED) is 0.736. The van der Waals surface area contributed by atoms with Crippen LogP contribution < -0.4 is 5.32 Å². The van der Waals surface area contributed by atoms with Gasteiger partial charge in [0, 0.05) is 22.9 Å². The molecule has 0 radical (unpaired) electrons. The number of nitrogens with one attached hydrogen (secondary N) is 1. The topological polar surface area (TPSA) is 12.0 Å². The zero-order chi connectivity index (χ0) is 13.5. The molecule has 2 aliphatic rings. The smallest absolute Gasteiger partial charge is 0.384 e. The van der Waals surface area contributed by atoms with Crippen LogP contribution in [-0.2, 0) is 6.18 Å². The fraction of sp³-hybridized carbons (Fsp3) is 0.571. The van der Waals surface area contributed by atoms with Gasteiger partial charge in [-0.3, -0.25) is 0 Å². The molecule has 1 aromatic rings. The molecule has 3 rings (SSSR count). The van der Waals surface area contributed by atoms with Gasteiger partial charge in [0.2, 0.25) is 0 Å². The van der Waals surface area contributed by atoms with Crippen LogP contribution in [0.1, 0.15) is 31.2 Å². The third kappa shape index (κ3) is 2.57. The Balaban J connectivity index is 1.86. The van der Waals surface area contributed by atoms with Gasteiger partial charge in [-0.2, -0.15) is 13.2 Å². The first kappa shape index (κ1) is 13.2. The molecule has 1 nitrogen and oxygen atoms in total. The van der Waals surface area contributed by atoms with Gasteiger partial charge in [0.05, 0.1) is 5.56 Å². The minimum Gasteiger partial charge on any atom is -0.384 e. The van der Waals surface area contributed by atoms with Gasteiger partial charge in [-0.05, 0) is 36.5 Å². The number of alkyl halides is 3. The largest absolute Gasteiger partial charge is 0.416 e. The molecule has 1 heterocycles. The van der Waals surface area contributed by atoms with E-state index in [0.717, 1.165) is 17.2 Å². The Kier molecular flexibility index (Phi) is 3.20. The Hall–Kier alpha value is -0.840. The summed E-state index contributed by atoms with van der Waals surface area (Å²) in [6.07, 6.45) is 0.595. The van der Waals surface area contributed by atoms with Crippen molar-refractivity contribution in [1.82, 2.24) is 0 Å². The fourth-order valence-electron chi connectivity index (χ4n) is 2.98. The van der Waals surface area contributed by atoms with E-state index < -0.39 is 11.7 Å². The maximum atomic E-state index is 12.7. The summed E-state index contributed by atoms with van der Waals surface area (Å²) < 4.78 is 38.2. The summed E-state index contributed by atoms with van der Waals surface area (Å²) in [6.45, 7) is 0.800. The van der Waals surface area contributed by atoms with Gasteiger partial charge in [0.15, 0.2) is 0 Å². The molecule has 1 aromatic carbocycles. The summed E-state index contributed by atoms with van der Waals surface area (Å²) in [6, 6.07) is 4.03. The van der Waals surface area contributed by atoms with Gasteiger partial charge in [-0.25, -0.2) is 0 Å². The van der Waals surface area contributed by atoms with Crippen LogP contribution in [0.4, 0.5) is 18.9 Å². The van der Waals surface area contributed by atoms with E-state index in [1.807, 2.05) is 0 Å². The number of anilines is 1. The highest BCUT2D eigenvalue weighted by atomic mass is 32.2. The standard InChI is InChI=1S/C14H16F3NS/c15-14(16,17)10-3-4-12-11(7-10)18-8-13(9-19-12)5-1-2-6-13/h3-4,7,18H,1-2,5-6,8-9H2. The lowest BCUT2D eigenvalue weighted by atomic mass is 9.88. The maximum absolute atomic E-state index is 12.7. The molecule has 1 spiro atoms. The summed E-state index contributed by atoms with van der Waals surface area (Å²) in [5.74, 6) is 1.01. The summed E-state index contributed by atoms with van der Waals surface area (Å²) >= 11 is 1.70. The van der Waals surface area contributed by atoms with Crippen LogP contribution in [0.25, 0.3) is 0 Å². The monoisotopic (exact) mass is 287 g/mol. The maximum Gasteiger partial charge on any atom is 0.416 e. The van der Waals surface area contributed by atoms with E-state index in [4.69, 9.17) is 0 Å². The first-order valence-electron chi connectivity index (χ1n) is 6.57. The zero-order valence-corrected chi connectivity index (χ0v) is 11.3. The van der Waals surface area contributed by atoms with Crippen molar-refractivity contribution in [3.05, 3.63) is 23.8 Å². The number of thioether (sulfide) groups is 1. The molecule has 0 amide bonds. The van der Waals surface area contributed by atoms with Crippen LogP contribution in [0.15, 0.2) is 23.1 Å². The number of halogens is 3. The summed E-state index contributed by atoms with van der Waals surface area (Å²) in [5, 5.41) is 3.25. The van der Waals surface area contributed by atoms with E-state index in [-0.39, 0.29) is 5.41 Å². The zero-order valence-electron chi connectivity index (χ0n) is 10.5. The molecule has 1 N–H and O–H groups in total. The fourth-order valence-corrected chi connectivity index (χ4v) is 4.28. The van der Waals surface area contributed by atoms with E-state index >= 15 is 0 Å². The number of rotatable bonds is 0. The Bertz CT molecular complexity index is 478. The lowest BCUT2D eigenvalue weighted by molar-refractivity contribution is -0.137. The highest BCUT2D eigenvalue weighted by Crippen LogP contribution is 2.46. The number of hydrogen-bond acceptors (Lipinski definition) is 2. The van der Waals surface area contributed by atoms with Crippen molar-refractivity contribution in [2.45, 2.75) is 36.8 Å². The predicted molar refractivity (Wildman–Crippen MR) is 71.6 cm³/mol. The van der Waals surface area contributed by atoms with E-state index in [0.29, 0.717) is 5.69 Å². The molecule has 0 bridgehead atoms. The van der Waals surface area contributed by atoms with Crippen molar-refractivity contribution < 1.29 is 13.2 Å². The third-order valence-corrected chi connectivity index (χ3v) is 5.58. The number of hydrogen-bond donors (Lipinski definition) is 1.